The van der Waals surface area contributed by atoms with Gasteiger partial charge in [0.1, 0.15) is 5.69 Å². The monoisotopic (exact) mass is 392 g/mol. The smallest absolute Gasteiger partial charge is 0.100 e. The Kier molecular flexibility index (Phi) is 9.58. The van der Waals surface area contributed by atoms with Gasteiger partial charge in [0, 0.05) is 29.2 Å². The van der Waals surface area contributed by atoms with Crippen LogP contribution in [0.25, 0.3) is 22.4 Å². The van der Waals surface area contributed by atoms with Crippen molar-refractivity contribution in [2.75, 3.05) is 20.1 Å². The van der Waals surface area contributed by atoms with Crippen molar-refractivity contribution in [1.29, 1.82) is 0 Å². The molecule has 2 aromatic heterocycles. The third-order valence-corrected chi connectivity index (χ3v) is 5.19. The average molecular weight is 393 g/mol. The zero-order chi connectivity index (χ0) is 21.1. The van der Waals surface area contributed by atoms with Gasteiger partial charge in [-0.3, -0.25) is 10.1 Å². The van der Waals surface area contributed by atoms with E-state index in [-0.39, 0.29) is 0 Å². The lowest BCUT2D eigenvalue weighted by Crippen LogP contribution is -2.31. The first kappa shape index (κ1) is 22.8. The number of pyridine rings is 1. The number of nitrogens with one attached hydrogen (secondary N) is 1. The van der Waals surface area contributed by atoms with Crippen LogP contribution in [-0.4, -0.2) is 40.2 Å². The van der Waals surface area contributed by atoms with Gasteiger partial charge in [0.2, 0.25) is 0 Å². The second-order valence-electron chi connectivity index (χ2n) is 6.98. The maximum absolute atomic E-state index is 4.69. The zero-order valence-electron chi connectivity index (χ0n) is 18.7. The highest BCUT2D eigenvalue weighted by molar-refractivity contribution is 5.82. The molecule has 4 nitrogen and oxygen atoms in total. The first-order valence-corrected chi connectivity index (χ1v) is 11.0. The van der Waals surface area contributed by atoms with E-state index < -0.39 is 0 Å². The van der Waals surface area contributed by atoms with E-state index in [4.69, 9.17) is 0 Å². The summed E-state index contributed by atoms with van der Waals surface area (Å²) in [6.07, 6.45) is 7.29. The van der Waals surface area contributed by atoms with Gasteiger partial charge in [0.05, 0.1) is 0 Å². The molecule has 1 aliphatic heterocycles. The van der Waals surface area contributed by atoms with Crippen molar-refractivity contribution in [3.63, 3.8) is 0 Å². The lowest BCUT2D eigenvalue weighted by atomic mass is 9.89. The first-order chi connectivity index (χ1) is 14.3. The molecule has 4 heteroatoms. The standard InChI is InChI=1S/C21H24N4.2C2H6/c1-25-13-9-16(10-14-25)15-19-20(17-7-11-22-12-8-17)21(24-23-19)18-5-3-2-4-6-18;2*1-2/h2-8,11-12,16H,9-10,13-15H2,1H3,(H,23,24);2*1-2H3. The molecule has 1 N–H and O–H groups in total. The average Bonchev–Trinajstić information content (AvgIpc) is 3.23. The van der Waals surface area contributed by atoms with Gasteiger partial charge in [-0.15, -0.1) is 0 Å². The van der Waals surface area contributed by atoms with Crippen LogP contribution in [0.3, 0.4) is 0 Å². The molecule has 0 radical (unpaired) electrons. The maximum Gasteiger partial charge on any atom is 0.100 e. The van der Waals surface area contributed by atoms with Gasteiger partial charge < -0.3 is 4.90 Å². The zero-order valence-corrected chi connectivity index (χ0v) is 18.7. The van der Waals surface area contributed by atoms with Crippen molar-refractivity contribution < 1.29 is 0 Å². The number of likely N-dealkylation sites (tertiary alicyclic amines) is 1. The number of hydrogen-bond donors (Lipinski definition) is 1. The SMILES string of the molecule is CC.CC.CN1CCC(Cc2[nH]nc(-c3ccccc3)c2-c2ccncc2)CC1. The number of aromatic amines is 1. The summed E-state index contributed by atoms with van der Waals surface area (Å²) in [6, 6.07) is 14.6. The van der Waals surface area contributed by atoms with Crippen LogP contribution in [-0.2, 0) is 6.42 Å². The number of rotatable bonds is 4. The van der Waals surface area contributed by atoms with E-state index in [0.29, 0.717) is 0 Å². The van der Waals surface area contributed by atoms with Crippen LogP contribution >= 0.6 is 0 Å². The fraction of sp³-hybridized carbons (Fsp3) is 0.440. The van der Waals surface area contributed by atoms with Gasteiger partial charge in [0.15, 0.2) is 0 Å². The number of H-pyrrole nitrogens is 1. The topological polar surface area (TPSA) is 44.8 Å². The van der Waals surface area contributed by atoms with E-state index in [0.717, 1.165) is 23.6 Å². The summed E-state index contributed by atoms with van der Waals surface area (Å²) in [5, 5.41) is 8.03. The molecule has 0 bridgehead atoms. The third kappa shape index (κ3) is 6.01. The van der Waals surface area contributed by atoms with Crippen molar-refractivity contribution in [3.8, 4) is 22.4 Å². The minimum Gasteiger partial charge on any atom is -0.306 e. The van der Waals surface area contributed by atoms with Gasteiger partial charge >= 0.3 is 0 Å². The highest BCUT2D eigenvalue weighted by Gasteiger charge is 2.22. The molecule has 0 atom stereocenters. The molecule has 0 amide bonds. The fourth-order valence-corrected chi connectivity index (χ4v) is 3.72. The summed E-state index contributed by atoms with van der Waals surface area (Å²) in [7, 11) is 2.21. The van der Waals surface area contributed by atoms with Crippen molar-refractivity contribution >= 4 is 0 Å². The molecule has 3 aromatic rings. The molecule has 1 aliphatic rings. The number of piperidine rings is 1. The van der Waals surface area contributed by atoms with Crippen molar-refractivity contribution in [2.45, 2.75) is 47.0 Å². The first-order valence-electron chi connectivity index (χ1n) is 11.0. The summed E-state index contributed by atoms with van der Waals surface area (Å²) in [4.78, 5) is 6.59. The molecule has 0 saturated carbocycles. The third-order valence-electron chi connectivity index (χ3n) is 5.19. The van der Waals surface area contributed by atoms with Gasteiger partial charge in [0.25, 0.3) is 0 Å². The maximum atomic E-state index is 4.69. The molecule has 4 rings (SSSR count). The molecule has 1 saturated heterocycles. The molecule has 1 fully saturated rings. The van der Waals surface area contributed by atoms with E-state index in [1.165, 1.54) is 42.8 Å². The Balaban J connectivity index is 0.000000707. The summed E-state index contributed by atoms with van der Waals surface area (Å²) in [5.41, 5.74) is 5.85. The van der Waals surface area contributed by atoms with Crippen molar-refractivity contribution in [3.05, 3.63) is 60.6 Å². The summed E-state index contributed by atoms with van der Waals surface area (Å²) in [6.45, 7) is 10.4. The lowest BCUT2D eigenvalue weighted by Gasteiger charge is -2.28. The second-order valence-corrected chi connectivity index (χ2v) is 6.98. The Hall–Kier alpha value is -2.46. The number of hydrogen-bond acceptors (Lipinski definition) is 3. The molecule has 1 aromatic carbocycles. The van der Waals surface area contributed by atoms with Gasteiger partial charge in [-0.2, -0.15) is 5.10 Å². The predicted molar refractivity (Wildman–Crippen MR) is 124 cm³/mol. The van der Waals surface area contributed by atoms with Gasteiger partial charge in [-0.1, -0.05) is 58.0 Å². The Labute approximate surface area is 176 Å². The van der Waals surface area contributed by atoms with Crippen LogP contribution in [0.4, 0.5) is 0 Å². The van der Waals surface area contributed by atoms with Gasteiger partial charge in [-0.05, 0) is 63.0 Å². The van der Waals surface area contributed by atoms with Crippen LogP contribution in [0.1, 0.15) is 46.2 Å². The van der Waals surface area contributed by atoms with Crippen LogP contribution in [0.2, 0.25) is 0 Å². The molecule has 3 heterocycles. The largest absolute Gasteiger partial charge is 0.306 e. The quantitative estimate of drug-likeness (QED) is 0.585. The molecule has 156 valence electrons. The fourth-order valence-electron chi connectivity index (χ4n) is 3.72. The molecule has 0 spiro atoms. The Bertz CT molecular complexity index is 803. The summed E-state index contributed by atoms with van der Waals surface area (Å²) in [5.74, 6) is 0.723. The molecule has 0 unspecified atom stereocenters. The van der Waals surface area contributed by atoms with Gasteiger partial charge in [-0.25, -0.2) is 0 Å². The Morgan fingerprint density at radius 1 is 0.897 bits per heavy atom. The summed E-state index contributed by atoms with van der Waals surface area (Å²) < 4.78 is 0. The molecular weight excluding hydrogens is 356 g/mol. The van der Waals surface area contributed by atoms with Crippen molar-refractivity contribution in [1.82, 2.24) is 20.1 Å². The number of benzene rings is 1. The number of aromatic nitrogens is 3. The normalized spacial score (nSPS) is 14.4. The number of nitrogens with zero attached hydrogens (tertiary/aromatic N) is 3. The van der Waals surface area contributed by atoms with Crippen LogP contribution in [0, 0.1) is 5.92 Å². The van der Waals surface area contributed by atoms with E-state index in [2.05, 4.69) is 63.5 Å². The van der Waals surface area contributed by atoms with Crippen LogP contribution < -0.4 is 0 Å². The Morgan fingerprint density at radius 2 is 1.52 bits per heavy atom. The summed E-state index contributed by atoms with van der Waals surface area (Å²) >= 11 is 0. The van der Waals surface area contributed by atoms with Crippen LogP contribution in [0.15, 0.2) is 54.9 Å². The minimum absolute atomic E-state index is 0.723. The van der Waals surface area contributed by atoms with Crippen molar-refractivity contribution in [2.24, 2.45) is 5.92 Å². The second kappa shape index (κ2) is 12.2. The van der Waals surface area contributed by atoms with E-state index in [1.54, 1.807) is 0 Å². The predicted octanol–water partition coefficient (Wildman–Crippen LogP) is 6.08. The molecule has 29 heavy (non-hydrogen) atoms. The molecular formula is C25H36N4. The van der Waals surface area contributed by atoms with E-state index in [9.17, 15) is 0 Å². The highest BCUT2D eigenvalue weighted by Crippen LogP contribution is 2.35. The lowest BCUT2D eigenvalue weighted by molar-refractivity contribution is 0.218. The van der Waals surface area contributed by atoms with Crippen LogP contribution in [0.5, 0.6) is 0 Å². The van der Waals surface area contributed by atoms with E-state index >= 15 is 0 Å². The van der Waals surface area contributed by atoms with E-state index in [1.807, 2.05) is 46.2 Å². The highest BCUT2D eigenvalue weighted by atomic mass is 15.1. The Morgan fingerprint density at radius 3 is 2.14 bits per heavy atom. The molecule has 0 aliphatic carbocycles. The minimum atomic E-state index is 0.723.